The van der Waals surface area contributed by atoms with Crippen molar-refractivity contribution in [2.75, 3.05) is 19.3 Å². The van der Waals surface area contributed by atoms with E-state index < -0.39 is 10.0 Å². The van der Waals surface area contributed by atoms with E-state index in [-0.39, 0.29) is 5.75 Å². The Morgan fingerprint density at radius 1 is 1.41 bits per heavy atom. The van der Waals surface area contributed by atoms with Gasteiger partial charge in [-0.3, -0.25) is 4.98 Å². The Labute approximate surface area is 103 Å². The van der Waals surface area contributed by atoms with Crippen LogP contribution in [0.2, 0.25) is 0 Å². The lowest BCUT2D eigenvalue weighted by molar-refractivity contribution is 0.577. The summed E-state index contributed by atoms with van der Waals surface area (Å²) in [5.41, 5.74) is 1.95. The van der Waals surface area contributed by atoms with Crippen molar-refractivity contribution in [3.63, 3.8) is 0 Å². The largest absolute Gasteiger partial charge is 0.320 e. The summed E-state index contributed by atoms with van der Waals surface area (Å²) in [4.78, 5) is 3.98. The first-order valence-corrected chi connectivity index (χ1v) is 7.22. The van der Waals surface area contributed by atoms with E-state index in [4.69, 9.17) is 0 Å². The van der Waals surface area contributed by atoms with E-state index in [0.29, 0.717) is 19.5 Å². The van der Waals surface area contributed by atoms with Gasteiger partial charge in [0, 0.05) is 18.9 Å². The maximum Gasteiger partial charge on any atom is 0.211 e. The van der Waals surface area contributed by atoms with Crippen LogP contribution in [0.5, 0.6) is 0 Å². The summed E-state index contributed by atoms with van der Waals surface area (Å²) >= 11 is 0. The number of nitrogens with zero attached hydrogens (tertiary/aromatic N) is 1. The molecule has 1 heterocycles. The zero-order valence-electron chi connectivity index (χ0n) is 10.2. The van der Waals surface area contributed by atoms with E-state index in [2.05, 4.69) is 15.0 Å². The molecule has 1 rings (SSSR count). The van der Waals surface area contributed by atoms with Crippen molar-refractivity contribution in [2.45, 2.75) is 19.9 Å². The monoisotopic (exact) mass is 257 g/mol. The van der Waals surface area contributed by atoms with Crippen LogP contribution in [0.25, 0.3) is 0 Å². The SMILES string of the molecule is CNCCCS(=O)(=O)NCc1cnccc1C. The number of hydrogen-bond donors (Lipinski definition) is 2. The Balaban J connectivity index is 2.47. The maximum absolute atomic E-state index is 11.6. The molecule has 0 bridgehead atoms. The van der Waals surface area contributed by atoms with Crippen LogP contribution >= 0.6 is 0 Å². The molecule has 0 saturated heterocycles. The highest BCUT2D eigenvalue weighted by molar-refractivity contribution is 7.89. The number of nitrogens with one attached hydrogen (secondary N) is 2. The first-order chi connectivity index (χ1) is 8.05. The van der Waals surface area contributed by atoms with E-state index in [0.717, 1.165) is 11.1 Å². The molecule has 0 unspecified atom stereocenters. The molecule has 0 saturated carbocycles. The molecule has 1 aromatic heterocycles. The van der Waals surface area contributed by atoms with Crippen LogP contribution in [-0.2, 0) is 16.6 Å². The molecule has 17 heavy (non-hydrogen) atoms. The normalized spacial score (nSPS) is 11.6. The Hall–Kier alpha value is -0.980. The molecule has 0 aliphatic carbocycles. The fourth-order valence-corrected chi connectivity index (χ4v) is 2.42. The minimum Gasteiger partial charge on any atom is -0.320 e. The average Bonchev–Trinajstić information content (AvgIpc) is 2.28. The molecular weight excluding hydrogens is 238 g/mol. The first kappa shape index (κ1) is 14.1. The number of hydrogen-bond acceptors (Lipinski definition) is 4. The van der Waals surface area contributed by atoms with Crippen molar-refractivity contribution in [1.29, 1.82) is 0 Å². The van der Waals surface area contributed by atoms with Gasteiger partial charge in [-0.25, -0.2) is 13.1 Å². The van der Waals surface area contributed by atoms with Gasteiger partial charge in [0.15, 0.2) is 0 Å². The minimum atomic E-state index is -3.19. The highest BCUT2D eigenvalue weighted by Crippen LogP contribution is 2.04. The maximum atomic E-state index is 11.6. The summed E-state index contributed by atoms with van der Waals surface area (Å²) in [6.07, 6.45) is 3.99. The molecule has 0 aromatic carbocycles. The summed E-state index contributed by atoms with van der Waals surface area (Å²) in [7, 11) is -1.38. The molecule has 0 atom stereocenters. The third-order valence-corrected chi connectivity index (χ3v) is 3.88. The highest BCUT2D eigenvalue weighted by atomic mass is 32.2. The van der Waals surface area contributed by atoms with Crippen LogP contribution < -0.4 is 10.0 Å². The summed E-state index contributed by atoms with van der Waals surface area (Å²) < 4.78 is 25.8. The van der Waals surface area contributed by atoms with Gasteiger partial charge < -0.3 is 5.32 Å². The van der Waals surface area contributed by atoms with E-state index >= 15 is 0 Å². The van der Waals surface area contributed by atoms with Crippen molar-refractivity contribution in [1.82, 2.24) is 15.0 Å². The van der Waals surface area contributed by atoms with Crippen LogP contribution in [0.1, 0.15) is 17.5 Å². The molecule has 96 valence electrons. The number of pyridine rings is 1. The molecule has 0 aliphatic rings. The molecule has 0 amide bonds. The van der Waals surface area contributed by atoms with E-state index in [1.54, 1.807) is 19.4 Å². The zero-order chi connectivity index (χ0) is 12.7. The lowest BCUT2D eigenvalue weighted by atomic mass is 10.2. The second-order valence-electron chi connectivity index (χ2n) is 3.90. The fourth-order valence-electron chi connectivity index (χ4n) is 1.38. The Morgan fingerprint density at radius 2 is 2.18 bits per heavy atom. The smallest absolute Gasteiger partial charge is 0.211 e. The lowest BCUT2D eigenvalue weighted by Gasteiger charge is -2.08. The number of sulfonamides is 1. The number of rotatable bonds is 7. The summed E-state index contributed by atoms with van der Waals surface area (Å²) in [6.45, 7) is 2.95. The van der Waals surface area contributed by atoms with Gasteiger partial charge in [-0.2, -0.15) is 0 Å². The fraction of sp³-hybridized carbons (Fsp3) is 0.545. The van der Waals surface area contributed by atoms with Crippen molar-refractivity contribution < 1.29 is 8.42 Å². The second-order valence-corrected chi connectivity index (χ2v) is 5.83. The molecule has 0 fully saturated rings. The van der Waals surface area contributed by atoms with Crippen LogP contribution in [-0.4, -0.2) is 32.7 Å². The molecule has 5 nitrogen and oxygen atoms in total. The average molecular weight is 257 g/mol. The van der Waals surface area contributed by atoms with Gasteiger partial charge in [0.2, 0.25) is 10.0 Å². The van der Waals surface area contributed by atoms with Gasteiger partial charge in [-0.15, -0.1) is 0 Å². The van der Waals surface area contributed by atoms with Gasteiger partial charge in [0.1, 0.15) is 0 Å². The van der Waals surface area contributed by atoms with Gasteiger partial charge in [0.25, 0.3) is 0 Å². The minimum absolute atomic E-state index is 0.146. The van der Waals surface area contributed by atoms with Crippen molar-refractivity contribution in [3.05, 3.63) is 29.6 Å². The lowest BCUT2D eigenvalue weighted by Crippen LogP contribution is -2.27. The molecule has 6 heteroatoms. The van der Waals surface area contributed by atoms with Crippen molar-refractivity contribution in [2.24, 2.45) is 0 Å². The number of aromatic nitrogens is 1. The first-order valence-electron chi connectivity index (χ1n) is 5.56. The summed E-state index contributed by atoms with van der Waals surface area (Å²) in [6, 6.07) is 1.87. The van der Waals surface area contributed by atoms with Crippen molar-refractivity contribution >= 4 is 10.0 Å². The van der Waals surface area contributed by atoms with Gasteiger partial charge >= 0.3 is 0 Å². The van der Waals surface area contributed by atoms with Gasteiger partial charge in [-0.05, 0) is 44.1 Å². The Morgan fingerprint density at radius 3 is 2.82 bits per heavy atom. The number of aryl methyl sites for hydroxylation is 1. The van der Waals surface area contributed by atoms with Crippen LogP contribution in [0.4, 0.5) is 0 Å². The molecular formula is C11H19N3O2S. The summed E-state index contributed by atoms with van der Waals surface area (Å²) in [5, 5.41) is 2.92. The van der Waals surface area contributed by atoms with E-state index in [1.165, 1.54) is 0 Å². The van der Waals surface area contributed by atoms with Crippen LogP contribution in [0, 0.1) is 6.92 Å². The zero-order valence-corrected chi connectivity index (χ0v) is 11.0. The second kappa shape index (κ2) is 6.68. The molecule has 2 N–H and O–H groups in total. The topological polar surface area (TPSA) is 71.1 Å². The van der Waals surface area contributed by atoms with Crippen LogP contribution in [0.15, 0.2) is 18.5 Å². The Bertz CT molecular complexity index is 446. The van der Waals surface area contributed by atoms with Gasteiger partial charge in [0.05, 0.1) is 5.75 Å². The third-order valence-electron chi connectivity index (χ3n) is 2.47. The van der Waals surface area contributed by atoms with Gasteiger partial charge in [-0.1, -0.05) is 0 Å². The molecule has 0 aliphatic heterocycles. The standard InChI is InChI=1S/C11H19N3O2S/c1-10-4-6-13-8-11(10)9-14-17(15,16)7-3-5-12-2/h4,6,8,12,14H,3,5,7,9H2,1-2H3. The predicted octanol–water partition coefficient (Wildman–Crippen LogP) is 0.419. The van der Waals surface area contributed by atoms with Crippen LogP contribution in [0.3, 0.4) is 0 Å². The molecule has 1 aromatic rings. The Kier molecular flexibility index (Phi) is 5.54. The third kappa shape index (κ3) is 5.25. The molecule has 0 spiro atoms. The van der Waals surface area contributed by atoms with E-state index in [9.17, 15) is 8.42 Å². The van der Waals surface area contributed by atoms with E-state index in [1.807, 2.05) is 13.0 Å². The highest BCUT2D eigenvalue weighted by Gasteiger charge is 2.09. The molecule has 0 radical (unpaired) electrons. The summed E-state index contributed by atoms with van der Waals surface area (Å²) in [5.74, 6) is 0.146. The van der Waals surface area contributed by atoms with Crippen molar-refractivity contribution in [3.8, 4) is 0 Å². The predicted molar refractivity (Wildman–Crippen MR) is 68.1 cm³/mol. The quantitative estimate of drug-likeness (QED) is 0.694.